The number of likely N-dealkylation sites (tertiary alicyclic amines) is 1. The number of piperidine rings is 1. The number of nitrogens with zero attached hydrogens (tertiary/aromatic N) is 2. The second-order valence-electron chi connectivity index (χ2n) is 7.59. The van der Waals surface area contributed by atoms with Crippen molar-refractivity contribution in [1.29, 1.82) is 0 Å². The van der Waals surface area contributed by atoms with Crippen molar-refractivity contribution in [3.05, 3.63) is 35.9 Å². The van der Waals surface area contributed by atoms with Crippen molar-refractivity contribution >= 4 is 11.9 Å². The van der Waals surface area contributed by atoms with Gasteiger partial charge in [0.05, 0.1) is 6.61 Å². The number of carboxylic acid groups (broad SMARTS) is 1. The third kappa shape index (κ3) is 4.50. The van der Waals surface area contributed by atoms with Gasteiger partial charge in [-0.15, -0.1) is 0 Å². The molecule has 6 heteroatoms. The van der Waals surface area contributed by atoms with Crippen LogP contribution in [0.1, 0.15) is 51.0 Å². The number of aliphatic carboxylic acids is 1. The highest BCUT2D eigenvalue weighted by molar-refractivity contribution is 5.85. The van der Waals surface area contributed by atoms with Gasteiger partial charge in [0.1, 0.15) is 5.72 Å². The van der Waals surface area contributed by atoms with Gasteiger partial charge in [0, 0.05) is 38.9 Å². The van der Waals surface area contributed by atoms with E-state index in [1.165, 1.54) is 5.56 Å². The lowest BCUT2D eigenvalue weighted by Crippen LogP contribution is -2.58. The molecule has 1 atom stereocenters. The van der Waals surface area contributed by atoms with Gasteiger partial charge >= 0.3 is 5.97 Å². The van der Waals surface area contributed by atoms with Crippen molar-refractivity contribution in [2.45, 2.75) is 63.8 Å². The van der Waals surface area contributed by atoms with Gasteiger partial charge in [-0.3, -0.25) is 14.6 Å². The molecule has 1 spiro atoms. The second kappa shape index (κ2) is 8.85. The Balaban J connectivity index is 1.66. The van der Waals surface area contributed by atoms with Crippen LogP contribution in [-0.2, 0) is 20.9 Å². The molecular formula is C21H30N2O4. The molecule has 2 heterocycles. The van der Waals surface area contributed by atoms with E-state index in [9.17, 15) is 14.7 Å². The molecule has 0 aromatic heterocycles. The molecule has 1 aromatic rings. The molecule has 1 aromatic carbocycles. The fourth-order valence-electron chi connectivity index (χ4n) is 4.18. The zero-order valence-corrected chi connectivity index (χ0v) is 16.1. The first-order chi connectivity index (χ1) is 13.1. The quantitative estimate of drug-likeness (QED) is 0.743. The molecule has 1 unspecified atom stereocenters. The zero-order valence-electron chi connectivity index (χ0n) is 16.1. The van der Waals surface area contributed by atoms with Crippen LogP contribution < -0.4 is 0 Å². The van der Waals surface area contributed by atoms with Crippen molar-refractivity contribution in [2.75, 3.05) is 19.7 Å². The second-order valence-corrected chi connectivity index (χ2v) is 7.59. The Morgan fingerprint density at radius 3 is 2.52 bits per heavy atom. The van der Waals surface area contributed by atoms with Crippen LogP contribution in [0.5, 0.6) is 0 Å². The summed E-state index contributed by atoms with van der Waals surface area (Å²) < 4.78 is 5.99. The summed E-state index contributed by atoms with van der Waals surface area (Å²) in [5, 5.41) is 9.58. The number of ether oxygens (including phenoxy) is 1. The first kappa shape index (κ1) is 19.8. The number of rotatable bonds is 7. The molecule has 148 valence electrons. The lowest BCUT2D eigenvalue weighted by Gasteiger charge is -2.44. The van der Waals surface area contributed by atoms with E-state index in [2.05, 4.69) is 24.0 Å². The highest BCUT2D eigenvalue weighted by Gasteiger charge is 2.53. The predicted molar refractivity (Wildman–Crippen MR) is 102 cm³/mol. The van der Waals surface area contributed by atoms with Gasteiger partial charge in [-0.05, 0) is 12.0 Å². The van der Waals surface area contributed by atoms with Crippen LogP contribution in [-0.4, -0.2) is 58.2 Å². The van der Waals surface area contributed by atoms with Gasteiger partial charge in [-0.25, -0.2) is 4.79 Å². The molecule has 1 amide bonds. The van der Waals surface area contributed by atoms with Crippen LogP contribution in [0, 0.1) is 0 Å². The van der Waals surface area contributed by atoms with Crippen LogP contribution in [0.2, 0.25) is 0 Å². The third-order valence-corrected chi connectivity index (χ3v) is 5.69. The predicted octanol–water partition coefficient (Wildman–Crippen LogP) is 2.87. The van der Waals surface area contributed by atoms with E-state index < -0.39 is 17.7 Å². The van der Waals surface area contributed by atoms with Crippen molar-refractivity contribution in [3.63, 3.8) is 0 Å². The minimum Gasteiger partial charge on any atom is -0.480 e. The van der Waals surface area contributed by atoms with E-state index in [-0.39, 0.29) is 12.5 Å². The third-order valence-electron chi connectivity index (χ3n) is 5.69. The first-order valence-electron chi connectivity index (χ1n) is 10.0. The standard InChI is InChI=1S/C21H30N2O4/c1-2-3-5-10-19(24)23-18(20(25)26)16-27-21(23)11-13-22(14-12-21)15-17-8-6-4-7-9-17/h4,6-9,18H,2-3,5,10-16H2,1H3,(H,25,26). The van der Waals surface area contributed by atoms with E-state index in [1.54, 1.807) is 4.90 Å². The number of amides is 1. The highest BCUT2D eigenvalue weighted by atomic mass is 16.5. The van der Waals surface area contributed by atoms with Crippen molar-refractivity contribution in [3.8, 4) is 0 Å². The van der Waals surface area contributed by atoms with Crippen LogP contribution in [0.3, 0.4) is 0 Å². The molecule has 6 nitrogen and oxygen atoms in total. The van der Waals surface area contributed by atoms with Gasteiger partial charge in [0.25, 0.3) is 0 Å². The fourth-order valence-corrected chi connectivity index (χ4v) is 4.18. The van der Waals surface area contributed by atoms with Crippen molar-refractivity contribution in [2.24, 2.45) is 0 Å². The van der Waals surface area contributed by atoms with E-state index in [1.807, 2.05) is 18.2 Å². The molecular weight excluding hydrogens is 344 g/mol. The molecule has 2 fully saturated rings. The molecule has 0 bridgehead atoms. The van der Waals surface area contributed by atoms with E-state index in [0.717, 1.165) is 38.9 Å². The monoisotopic (exact) mass is 374 g/mol. The summed E-state index contributed by atoms with van der Waals surface area (Å²) in [6.45, 7) is 4.63. The van der Waals surface area contributed by atoms with Crippen LogP contribution in [0.15, 0.2) is 30.3 Å². The van der Waals surface area contributed by atoms with E-state index in [0.29, 0.717) is 19.3 Å². The summed E-state index contributed by atoms with van der Waals surface area (Å²) in [5.74, 6) is -1.05. The molecule has 3 rings (SSSR count). The molecule has 2 aliphatic rings. The molecule has 2 saturated heterocycles. The number of benzene rings is 1. The van der Waals surface area contributed by atoms with Gasteiger partial charge in [0.2, 0.25) is 5.91 Å². The molecule has 27 heavy (non-hydrogen) atoms. The number of carbonyl (C=O) groups excluding carboxylic acids is 1. The molecule has 0 radical (unpaired) electrons. The van der Waals surface area contributed by atoms with Crippen molar-refractivity contribution < 1.29 is 19.4 Å². The average Bonchev–Trinajstić information content (AvgIpc) is 3.04. The van der Waals surface area contributed by atoms with Crippen LogP contribution in [0.4, 0.5) is 0 Å². The summed E-state index contributed by atoms with van der Waals surface area (Å²) >= 11 is 0. The number of carbonyl (C=O) groups is 2. The van der Waals surface area contributed by atoms with E-state index in [4.69, 9.17) is 4.74 Å². The number of hydrogen-bond acceptors (Lipinski definition) is 4. The largest absolute Gasteiger partial charge is 0.480 e. The minimum absolute atomic E-state index is 0.0788. The van der Waals surface area contributed by atoms with E-state index >= 15 is 0 Å². The maximum atomic E-state index is 12.8. The Labute approximate surface area is 161 Å². The average molecular weight is 374 g/mol. The Morgan fingerprint density at radius 2 is 1.89 bits per heavy atom. The minimum atomic E-state index is -0.970. The zero-order chi connectivity index (χ0) is 19.3. The summed E-state index contributed by atoms with van der Waals surface area (Å²) in [4.78, 5) is 28.4. The maximum absolute atomic E-state index is 12.8. The van der Waals surface area contributed by atoms with Gasteiger partial charge in [-0.1, -0.05) is 50.1 Å². The Hall–Kier alpha value is -1.92. The summed E-state index contributed by atoms with van der Waals surface area (Å²) in [6.07, 6.45) is 4.53. The van der Waals surface area contributed by atoms with Crippen LogP contribution >= 0.6 is 0 Å². The molecule has 0 saturated carbocycles. The summed E-state index contributed by atoms with van der Waals surface area (Å²) in [7, 11) is 0. The van der Waals surface area contributed by atoms with Gasteiger partial charge < -0.3 is 9.84 Å². The Bertz CT molecular complexity index is 641. The molecule has 2 aliphatic heterocycles. The van der Waals surface area contributed by atoms with Gasteiger partial charge in [0.15, 0.2) is 6.04 Å². The van der Waals surface area contributed by atoms with Crippen LogP contribution in [0.25, 0.3) is 0 Å². The molecule has 1 N–H and O–H groups in total. The number of hydrogen-bond donors (Lipinski definition) is 1. The number of carboxylic acids is 1. The number of unbranched alkanes of at least 4 members (excludes halogenated alkanes) is 2. The Kier molecular flexibility index (Phi) is 6.50. The molecule has 0 aliphatic carbocycles. The lowest BCUT2D eigenvalue weighted by molar-refractivity contribution is -0.166. The SMILES string of the molecule is CCCCCC(=O)N1C(C(=O)O)COC12CCN(Cc1ccccc1)CC2. The lowest BCUT2D eigenvalue weighted by atomic mass is 9.96. The summed E-state index contributed by atoms with van der Waals surface area (Å²) in [5.41, 5.74) is 0.510. The Morgan fingerprint density at radius 1 is 1.19 bits per heavy atom. The highest BCUT2D eigenvalue weighted by Crippen LogP contribution is 2.38. The fraction of sp³-hybridized carbons (Fsp3) is 0.619. The first-order valence-corrected chi connectivity index (χ1v) is 10.0. The smallest absolute Gasteiger partial charge is 0.328 e. The maximum Gasteiger partial charge on any atom is 0.328 e. The normalized spacial score (nSPS) is 22.3. The topological polar surface area (TPSA) is 70.1 Å². The summed E-state index contributed by atoms with van der Waals surface area (Å²) in [6, 6.07) is 9.44. The van der Waals surface area contributed by atoms with Gasteiger partial charge in [-0.2, -0.15) is 0 Å². The van der Waals surface area contributed by atoms with Crippen molar-refractivity contribution in [1.82, 2.24) is 9.80 Å².